The quantitative estimate of drug-likeness (QED) is 0.816. The fourth-order valence-corrected chi connectivity index (χ4v) is 3.30. The second-order valence-electron chi connectivity index (χ2n) is 5.81. The second-order valence-corrected chi connectivity index (χ2v) is 5.81. The second kappa shape index (κ2) is 6.72. The lowest BCUT2D eigenvalue weighted by atomic mass is 9.85. The van der Waals surface area contributed by atoms with Gasteiger partial charge in [-0.15, -0.1) is 0 Å². The summed E-state index contributed by atoms with van der Waals surface area (Å²) in [5, 5.41) is 9.99. The fourth-order valence-electron chi connectivity index (χ4n) is 3.30. The Morgan fingerprint density at radius 1 is 1.12 bits per heavy atom. The van der Waals surface area contributed by atoms with Crippen LogP contribution >= 0.6 is 0 Å². The maximum absolute atomic E-state index is 9.99. The molecule has 2 aliphatic rings. The average Bonchev–Trinajstić information content (AvgIpc) is 2.35. The summed E-state index contributed by atoms with van der Waals surface area (Å²) in [4.78, 5) is 2.55. The van der Waals surface area contributed by atoms with Gasteiger partial charge in [-0.25, -0.2) is 0 Å². The van der Waals surface area contributed by atoms with Gasteiger partial charge in [0, 0.05) is 20.3 Å². The Morgan fingerprint density at radius 2 is 1.82 bits per heavy atom. The lowest BCUT2D eigenvalue weighted by Gasteiger charge is -2.36. The number of hydrogen-bond donors (Lipinski definition) is 1. The lowest BCUT2D eigenvalue weighted by Crippen LogP contribution is -2.41. The van der Waals surface area contributed by atoms with Crippen molar-refractivity contribution in [3.05, 3.63) is 0 Å². The van der Waals surface area contributed by atoms with E-state index in [1.165, 1.54) is 45.2 Å². The van der Waals surface area contributed by atoms with Crippen LogP contribution in [0.5, 0.6) is 0 Å². The maximum Gasteiger partial charge on any atom is 0.0580 e. The summed E-state index contributed by atoms with van der Waals surface area (Å²) >= 11 is 0. The first-order valence-electron chi connectivity index (χ1n) is 7.19. The number of ether oxygens (including phenoxy) is 1. The van der Waals surface area contributed by atoms with Gasteiger partial charge in [0.05, 0.1) is 6.10 Å². The highest BCUT2D eigenvalue weighted by Gasteiger charge is 2.27. The van der Waals surface area contributed by atoms with Crippen LogP contribution in [0.25, 0.3) is 0 Å². The van der Waals surface area contributed by atoms with Crippen molar-refractivity contribution >= 4 is 0 Å². The maximum atomic E-state index is 9.99. The number of methoxy groups -OCH3 is 1. The molecular weight excluding hydrogens is 214 g/mol. The van der Waals surface area contributed by atoms with Crippen LogP contribution in [0.3, 0.4) is 0 Å². The number of hydrogen-bond acceptors (Lipinski definition) is 3. The SMILES string of the molecule is COCC1CCN(CC2CCCCC2O)CC1. The molecule has 0 bridgehead atoms. The topological polar surface area (TPSA) is 32.7 Å². The summed E-state index contributed by atoms with van der Waals surface area (Å²) in [5.74, 6) is 1.29. The molecule has 0 amide bonds. The minimum atomic E-state index is -0.0413. The van der Waals surface area contributed by atoms with Gasteiger partial charge in [-0.1, -0.05) is 12.8 Å². The number of piperidine rings is 1. The minimum Gasteiger partial charge on any atom is -0.393 e. The number of rotatable bonds is 4. The molecule has 0 aromatic heterocycles. The van der Waals surface area contributed by atoms with Crippen molar-refractivity contribution in [3.8, 4) is 0 Å². The molecule has 1 aliphatic carbocycles. The fraction of sp³-hybridized carbons (Fsp3) is 1.00. The Bertz CT molecular complexity index is 214. The molecule has 100 valence electrons. The van der Waals surface area contributed by atoms with Crippen LogP contribution < -0.4 is 0 Å². The predicted octanol–water partition coefficient (Wildman–Crippen LogP) is 1.90. The van der Waals surface area contributed by atoms with Crippen molar-refractivity contribution in [1.29, 1.82) is 0 Å². The van der Waals surface area contributed by atoms with Crippen LogP contribution in [0.2, 0.25) is 0 Å². The Hall–Kier alpha value is -0.120. The van der Waals surface area contributed by atoms with Gasteiger partial charge in [-0.2, -0.15) is 0 Å². The highest BCUT2D eigenvalue weighted by Crippen LogP contribution is 2.27. The monoisotopic (exact) mass is 241 g/mol. The minimum absolute atomic E-state index is 0.0413. The van der Waals surface area contributed by atoms with Gasteiger partial charge in [-0.3, -0.25) is 0 Å². The average molecular weight is 241 g/mol. The predicted molar refractivity (Wildman–Crippen MR) is 69.0 cm³/mol. The van der Waals surface area contributed by atoms with Gasteiger partial charge >= 0.3 is 0 Å². The van der Waals surface area contributed by atoms with Gasteiger partial charge in [0.1, 0.15) is 0 Å². The normalized spacial score (nSPS) is 32.8. The first-order chi connectivity index (χ1) is 8.29. The summed E-state index contributed by atoms with van der Waals surface area (Å²) in [7, 11) is 1.80. The van der Waals surface area contributed by atoms with E-state index in [9.17, 15) is 5.11 Å². The van der Waals surface area contributed by atoms with Crippen molar-refractivity contribution in [3.63, 3.8) is 0 Å². The molecule has 1 saturated heterocycles. The molecule has 0 spiro atoms. The largest absolute Gasteiger partial charge is 0.393 e. The van der Waals surface area contributed by atoms with E-state index in [1.54, 1.807) is 7.11 Å². The number of likely N-dealkylation sites (tertiary alicyclic amines) is 1. The van der Waals surface area contributed by atoms with Crippen molar-refractivity contribution in [2.75, 3.05) is 33.4 Å². The molecule has 2 fully saturated rings. The Morgan fingerprint density at radius 3 is 2.47 bits per heavy atom. The molecule has 3 nitrogen and oxygen atoms in total. The van der Waals surface area contributed by atoms with Gasteiger partial charge < -0.3 is 14.7 Å². The Kier molecular flexibility index (Phi) is 5.26. The molecule has 2 atom stereocenters. The molecule has 3 heteroatoms. The van der Waals surface area contributed by atoms with Gasteiger partial charge in [-0.05, 0) is 50.6 Å². The zero-order valence-corrected chi connectivity index (χ0v) is 11.1. The van der Waals surface area contributed by atoms with E-state index in [1.807, 2.05) is 0 Å². The molecule has 1 N–H and O–H groups in total. The van der Waals surface area contributed by atoms with Crippen molar-refractivity contribution < 1.29 is 9.84 Å². The van der Waals surface area contributed by atoms with E-state index in [2.05, 4.69) is 4.90 Å². The number of aliphatic hydroxyl groups is 1. The zero-order chi connectivity index (χ0) is 12.1. The number of nitrogens with zero attached hydrogens (tertiary/aromatic N) is 1. The Labute approximate surface area is 105 Å². The molecule has 2 unspecified atom stereocenters. The lowest BCUT2D eigenvalue weighted by molar-refractivity contribution is 0.0320. The van der Waals surface area contributed by atoms with Crippen LogP contribution in [-0.4, -0.2) is 49.5 Å². The molecule has 17 heavy (non-hydrogen) atoms. The highest BCUT2D eigenvalue weighted by atomic mass is 16.5. The Balaban J connectivity index is 1.70. The summed E-state index contributed by atoms with van der Waals surface area (Å²) < 4.78 is 5.23. The van der Waals surface area contributed by atoms with E-state index in [4.69, 9.17) is 4.74 Å². The first kappa shape index (κ1) is 13.3. The molecule has 2 rings (SSSR count). The van der Waals surface area contributed by atoms with Crippen LogP contribution in [-0.2, 0) is 4.74 Å². The summed E-state index contributed by atoms with van der Waals surface area (Å²) in [5.41, 5.74) is 0. The molecule has 1 saturated carbocycles. The zero-order valence-electron chi connectivity index (χ0n) is 11.1. The third kappa shape index (κ3) is 3.94. The number of aliphatic hydroxyl groups excluding tert-OH is 1. The van der Waals surface area contributed by atoms with Gasteiger partial charge in [0.25, 0.3) is 0 Å². The van der Waals surface area contributed by atoms with E-state index >= 15 is 0 Å². The van der Waals surface area contributed by atoms with Crippen molar-refractivity contribution in [2.24, 2.45) is 11.8 Å². The van der Waals surface area contributed by atoms with E-state index in [0.717, 1.165) is 25.5 Å². The summed E-state index contributed by atoms with van der Waals surface area (Å²) in [6, 6.07) is 0. The molecule has 0 aromatic rings. The van der Waals surface area contributed by atoms with Crippen LogP contribution in [0, 0.1) is 11.8 Å². The van der Waals surface area contributed by atoms with Crippen molar-refractivity contribution in [2.45, 2.75) is 44.6 Å². The van der Waals surface area contributed by atoms with Crippen LogP contribution in [0.15, 0.2) is 0 Å². The molecule has 1 heterocycles. The smallest absolute Gasteiger partial charge is 0.0580 e. The van der Waals surface area contributed by atoms with E-state index < -0.39 is 0 Å². The molecule has 0 aromatic carbocycles. The van der Waals surface area contributed by atoms with Crippen molar-refractivity contribution in [1.82, 2.24) is 4.90 Å². The van der Waals surface area contributed by atoms with E-state index in [-0.39, 0.29) is 6.10 Å². The molecule has 1 aliphatic heterocycles. The third-order valence-corrected chi connectivity index (χ3v) is 4.47. The van der Waals surface area contributed by atoms with Gasteiger partial charge in [0.2, 0.25) is 0 Å². The first-order valence-corrected chi connectivity index (χ1v) is 7.19. The standard InChI is InChI=1S/C14H27NO2/c1-17-11-12-6-8-15(9-7-12)10-13-4-2-3-5-14(13)16/h12-14,16H,2-11H2,1H3. The molecular formula is C14H27NO2. The van der Waals surface area contributed by atoms with Gasteiger partial charge in [0.15, 0.2) is 0 Å². The molecule has 0 radical (unpaired) electrons. The highest BCUT2D eigenvalue weighted by molar-refractivity contribution is 4.80. The summed E-state index contributed by atoms with van der Waals surface area (Å²) in [6.45, 7) is 4.41. The van der Waals surface area contributed by atoms with Crippen LogP contribution in [0.4, 0.5) is 0 Å². The third-order valence-electron chi connectivity index (χ3n) is 4.47. The van der Waals surface area contributed by atoms with Crippen LogP contribution in [0.1, 0.15) is 38.5 Å². The summed E-state index contributed by atoms with van der Waals surface area (Å²) in [6.07, 6.45) is 7.24. The van der Waals surface area contributed by atoms with E-state index in [0.29, 0.717) is 5.92 Å².